The van der Waals surface area contributed by atoms with E-state index in [0.29, 0.717) is 40.7 Å². The van der Waals surface area contributed by atoms with Gasteiger partial charge < -0.3 is 15.3 Å². The van der Waals surface area contributed by atoms with Gasteiger partial charge in [0.25, 0.3) is 11.8 Å². The van der Waals surface area contributed by atoms with Crippen LogP contribution in [0.3, 0.4) is 0 Å². The first-order valence-corrected chi connectivity index (χ1v) is 12.2. The zero-order valence-corrected chi connectivity index (χ0v) is 20.7. The molecule has 1 aliphatic heterocycles. The van der Waals surface area contributed by atoms with E-state index < -0.39 is 11.9 Å². The predicted octanol–water partition coefficient (Wildman–Crippen LogP) is 5.22. The Morgan fingerprint density at radius 2 is 1.51 bits per heavy atom. The van der Waals surface area contributed by atoms with E-state index in [4.69, 9.17) is 0 Å². The minimum absolute atomic E-state index is 0.158. The number of carbonyl (C=O) groups is 2. The first kappa shape index (κ1) is 24.5. The van der Waals surface area contributed by atoms with Crippen LogP contribution >= 0.6 is 0 Å². The molecule has 1 unspecified atom stereocenters. The Balaban J connectivity index is 1.28. The standard InChI is InChI=1S/C30H28FN3O3/c1-33(2)21-15-13-20(14-16-21)28(35)27-24(31)11-5-12-25(27)32-17-6-18-34-29(36)22-9-3-7-19-8-4-10-23(26(19)22)30(34)37/h3-5,7-16,28,32,35H,6,17-18H2,1-2H3. The van der Waals surface area contributed by atoms with Gasteiger partial charge in [0.15, 0.2) is 0 Å². The highest BCUT2D eigenvalue weighted by molar-refractivity contribution is 6.25. The van der Waals surface area contributed by atoms with Gasteiger partial charge in [-0.05, 0) is 53.8 Å². The van der Waals surface area contributed by atoms with E-state index >= 15 is 0 Å². The fraction of sp³-hybridized carbons (Fsp3) is 0.200. The summed E-state index contributed by atoms with van der Waals surface area (Å²) in [4.78, 5) is 29.4. The maximum absolute atomic E-state index is 14.8. The van der Waals surface area contributed by atoms with E-state index in [1.54, 1.807) is 36.4 Å². The third-order valence-corrected chi connectivity index (χ3v) is 6.78. The van der Waals surface area contributed by atoms with E-state index in [9.17, 15) is 19.1 Å². The molecule has 188 valence electrons. The smallest absolute Gasteiger partial charge is 0.261 e. The predicted molar refractivity (Wildman–Crippen MR) is 144 cm³/mol. The molecule has 0 radical (unpaired) electrons. The van der Waals surface area contributed by atoms with Crippen LogP contribution in [0.15, 0.2) is 78.9 Å². The fourth-order valence-corrected chi connectivity index (χ4v) is 4.83. The Labute approximate surface area is 214 Å². The molecule has 7 heteroatoms. The monoisotopic (exact) mass is 497 g/mol. The zero-order valence-electron chi connectivity index (χ0n) is 20.7. The number of nitrogens with one attached hydrogen (secondary N) is 1. The fourth-order valence-electron chi connectivity index (χ4n) is 4.83. The summed E-state index contributed by atoms with van der Waals surface area (Å²) in [6.07, 6.45) is -0.693. The zero-order chi connectivity index (χ0) is 26.1. The normalized spacial score (nSPS) is 13.7. The molecule has 4 aromatic carbocycles. The average Bonchev–Trinajstić information content (AvgIpc) is 2.91. The highest BCUT2D eigenvalue weighted by Crippen LogP contribution is 2.32. The lowest BCUT2D eigenvalue weighted by molar-refractivity contribution is 0.0610. The second-order valence-electron chi connectivity index (χ2n) is 9.34. The van der Waals surface area contributed by atoms with E-state index in [0.717, 1.165) is 11.1 Å². The van der Waals surface area contributed by atoms with Crippen molar-refractivity contribution >= 4 is 34.0 Å². The number of aliphatic hydroxyl groups is 1. The van der Waals surface area contributed by atoms with Crippen LogP contribution in [0.25, 0.3) is 10.8 Å². The maximum atomic E-state index is 14.8. The minimum Gasteiger partial charge on any atom is -0.385 e. The number of benzene rings is 4. The molecule has 6 nitrogen and oxygen atoms in total. The first-order chi connectivity index (χ1) is 17.9. The number of carbonyl (C=O) groups excluding carboxylic acids is 2. The van der Waals surface area contributed by atoms with E-state index in [-0.39, 0.29) is 23.9 Å². The van der Waals surface area contributed by atoms with Crippen LogP contribution in [0.2, 0.25) is 0 Å². The highest BCUT2D eigenvalue weighted by atomic mass is 19.1. The molecule has 0 aliphatic carbocycles. The van der Waals surface area contributed by atoms with Gasteiger partial charge >= 0.3 is 0 Å². The van der Waals surface area contributed by atoms with Crippen molar-refractivity contribution in [3.63, 3.8) is 0 Å². The second kappa shape index (κ2) is 10.0. The Morgan fingerprint density at radius 1 is 0.892 bits per heavy atom. The van der Waals surface area contributed by atoms with Crippen molar-refractivity contribution in [2.45, 2.75) is 12.5 Å². The van der Waals surface area contributed by atoms with Gasteiger partial charge in [-0.25, -0.2) is 4.39 Å². The molecule has 0 saturated heterocycles. The molecular weight excluding hydrogens is 469 g/mol. The Kier molecular flexibility index (Phi) is 6.63. The molecule has 1 atom stereocenters. The molecule has 0 fully saturated rings. The number of halogens is 1. The van der Waals surface area contributed by atoms with Crippen LogP contribution in [0.5, 0.6) is 0 Å². The second-order valence-corrected chi connectivity index (χ2v) is 9.34. The Hall–Kier alpha value is -4.23. The number of nitrogens with zero attached hydrogens (tertiary/aromatic N) is 2. The van der Waals surface area contributed by atoms with Gasteiger partial charge in [-0.2, -0.15) is 0 Å². The largest absolute Gasteiger partial charge is 0.385 e. The molecule has 37 heavy (non-hydrogen) atoms. The summed E-state index contributed by atoms with van der Waals surface area (Å²) < 4.78 is 14.8. The number of anilines is 2. The van der Waals surface area contributed by atoms with Gasteiger partial charge in [-0.15, -0.1) is 0 Å². The Bertz CT molecular complexity index is 1430. The van der Waals surface area contributed by atoms with Crippen LogP contribution in [-0.2, 0) is 0 Å². The summed E-state index contributed by atoms with van der Waals surface area (Å²) in [5, 5.41) is 15.7. The summed E-state index contributed by atoms with van der Waals surface area (Å²) in [5.74, 6) is -1.13. The summed E-state index contributed by atoms with van der Waals surface area (Å²) in [7, 11) is 3.85. The number of hydrogen-bond acceptors (Lipinski definition) is 5. The van der Waals surface area contributed by atoms with Gasteiger partial charge in [0.1, 0.15) is 11.9 Å². The van der Waals surface area contributed by atoms with Gasteiger partial charge in [0.05, 0.1) is 0 Å². The summed E-state index contributed by atoms with van der Waals surface area (Å²) in [6.45, 7) is 0.597. The van der Waals surface area contributed by atoms with Crippen molar-refractivity contribution in [3.8, 4) is 0 Å². The number of amides is 2. The number of rotatable bonds is 8. The summed E-state index contributed by atoms with van der Waals surface area (Å²) >= 11 is 0. The molecule has 0 aromatic heterocycles. The topological polar surface area (TPSA) is 72.9 Å². The van der Waals surface area contributed by atoms with Gasteiger partial charge in [-0.3, -0.25) is 14.5 Å². The van der Waals surface area contributed by atoms with E-state index in [2.05, 4.69) is 5.32 Å². The first-order valence-electron chi connectivity index (χ1n) is 12.2. The molecule has 4 aromatic rings. The number of imide groups is 1. The quantitative estimate of drug-likeness (QED) is 0.258. The third-order valence-electron chi connectivity index (χ3n) is 6.78. The number of aliphatic hydroxyl groups excluding tert-OH is 1. The molecule has 1 aliphatic rings. The van der Waals surface area contributed by atoms with Crippen LogP contribution in [0.4, 0.5) is 15.8 Å². The van der Waals surface area contributed by atoms with Crippen molar-refractivity contribution in [2.75, 3.05) is 37.4 Å². The molecular formula is C30H28FN3O3. The molecule has 0 spiro atoms. The van der Waals surface area contributed by atoms with Gasteiger partial charge in [0.2, 0.25) is 0 Å². The van der Waals surface area contributed by atoms with Crippen molar-refractivity contribution in [2.24, 2.45) is 0 Å². The molecule has 2 amide bonds. The van der Waals surface area contributed by atoms with Crippen LogP contribution in [0.1, 0.15) is 44.4 Å². The SMILES string of the molecule is CN(C)c1ccc(C(O)c2c(F)cccc2NCCCN2C(=O)c3cccc4cccc(c34)C2=O)cc1. The molecule has 0 bridgehead atoms. The summed E-state index contributed by atoms with van der Waals surface area (Å²) in [6, 6.07) is 22.8. The maximum Gasteiger partial charge on any atom is 0.261 e. The molecule has 5 rings (SSSR count). The van der Waals surface area contributed by atoms with Crippen LogP contribution in [-0.4, -0.2) is 49.0 Å². The third kappa shape index (κ3) is 4.54. The Morgan fingerprint density at radius 3 is 2.14 bits per heavy atom. The van der Waals surface area contributed by atoms with E-state index in [1.165, 1.54) is 11.0 Å². The van der Waals surface area contributed by atoms with Crippen LogP contribution < -0.4 is 10.2 Å². The van der Waals surface area contributed by atoms with Crippen LogP contribution in [0, 0.1) is 5.82 Å². The lowest BCUT2D eigenvalue weighted by Gasteiger charge is -2.27. The lowest BCUT2D eigenvalue weighted by Crippen LogP contribution is -2.41. The lowest BCUT2D eigenvalue weighted by atomic mass is 9.94. The van der Waals surface area contributed by atoms with Crippen molar-refractivity contribution in [1.29, 1.82) is 0 Å². The molecule has 1 heterocycles. The highest BCUT2D eigenvalue weighted by Gasteiger charge is 2.32. The van der Waals surface area contributed by atoms with Crippen molar-refractivity contribution in [3.05, 3.63) is 107 Å². The average molecular weight is 498 g/mol. The molecule has 2 N–H and O–H groups in total. The van der Waals surface area contributed by atoms with Gasteiger partial charge in [0, 0.05) is 60.6 Å². The van der Waals surface area contributed by atoms with E-state index in [1.807, 2.05) is 55.4 Å². The van der Waals surface area contributed by atoms with Gasteiger partial charge in [-0.1, -0.05) is 42.5 Å². The van der Waals surface area contributed by atoms with Crippen molar-refractivity contribution < 1.29 is 19.1 Å². The van der Waals surface area contributed by atoms with Crippen molar-refractivity contribution in [1.82, 2.24) is 4.90 Å². The number of hydrogen-bond donors (Lipinski definition) is 2. The molecule has 0 saturated carbocycles. The summed E-state index contributed by atoms with van der Waals surface area (Å²) in [5.41, 5.74) is 3.23. The minimum atomic E-state index is -1.15.